The molecule has 1 aromatic carbocycles. The maximum atomic E-state index is 11.5. The van der Waals surface area contributed by atoms with Gasteiger partial charge in [-0.1, -0.05) is 29.8 Å². The number of nitrogens with one attached hydrogen (secondary N) is 1. The van der Waals surface area contributed by atoms with Crippen LogP contribution in [0, 0.1) is 6.92 Å². The Labute approximate surface area is 122 Å². The Bertz CT molecular complexity index is 635. The molecule has 0 bridgehead atoms. The second kappa shape index (κ2) is 5.96. The monoisotopic (exact) mass is 290 g/mol. The molecule has 0 aliphatic rings. The highest BCUT2D eigenvalue weighted by Gasteiger charge is 2.19. The van der Waals surface area contributed by atoms with Gasteiger partial charge in [0.25, 0.3) is 0 Å². The smallest absolute Gasteiger partial charge is 0.176 e. The van der Waals surface area contributed by atoms with Crippen molar-refractivity contribution in [2.45, 2.75) is 20.4 Å². The van der Waals surface area contributed by atoms with Crippen LogP contribution < -0.4 is 15.8 Å². The lowest BCUT2D eigenvalue weighted by Gasteiger charge is -2.07. The van der Waals surface area contributed by atoms with Crippen molar-refractivity contribution in [3.05, 3.63) is 40.3 Å². The zero-order valence-electron chi connectivity index (χ0n) is 11.8. The van der Waals surface area contributed by atoms with E-state index >= 15 is 0 Å². The Balaban J connectivity index is 2.21. The summed E-state index contributed by atoms with van der Waals surface area (Å²) in [6.07, 6.45) is 0. The van der Waals surface area contributed by atoms with Gasteiger partial charge in [0.2, 0.25) is 0 Å². The molecule has 3 N–H and O–H groups in total. The molecule has 0 spiro atoms. The minimum atomic E-state index is -0.0468. The van der Waals surface area contributed by atoms with E-state index in [1.807, 2.05) is 6.07 Å². The van der Waals surface area contributed by atoms with Gasteiger partial charge in [-0.05, 0) is 12.5 Å². The SMILES string of the molecule is COc1c(NCc2cccc(C)c2)sc(C(C)=O)c1N. The van der Waals surface area contributed by atoms with Crippen LogP contribution in [0.1, 0.15) is 27.7 Å². The topological polar surface area (TPSA) is 64.3 Å². The number of aryl methyl sites for hydroxylation is 1. The molecule has 0 saturated heterocycles. The van der Waals surface area contributed by atoms with Gasteiger partial charge in [0.05, 0.1) is 17.7 Å². The number of ketones is 1. The second-order valence-electron chi connectivity index (χ2n) is 4.61. The fraction of sp³-hybridized carbons (Fsp3) is 0.267. The van der Waals surface area contributed by atoms with Crippen LogP contribution in [-0.4, -0.2) is 12.9 Å². The molecular formula is C15H18N2O2S. The number of nitrogen functional groups attached to an aromatic ring is 1. The molecule has 0 aliphatic heterocycles. The van der Waals surface area contributed by atoms with Gasteiger partial charge in [-0.3, -0.25) is 4.79 Å². The first-order valence-electron chi connectivity index (χ1n) is 6.29. The van der Waals surface area contributed by atoms with Crippen LogP contribution in [0.5, 0.6) is 5.75 Å². The summed E-state index contributed by atoms with van der Waals surface area (Å²) < 4.78 is 5.29. The number of Topliss-reactive ketones (excluding diaryl/α,β-unsaturated/α-hetero) is 1. The number of carbonyl (C=O) groups excluding carboxylic acids is 1. The first kappa shape index (κ1) is 14.4. The van der Waals surface area contributed by atoms with Gasteiger partial charge >= 0.3 is 0 Å². The quantitative estimate of drug-likeness (QED) is 0.828. The van der Waals surface area contributed by atoms with E-state index in [9.17, 15) is 4.79 Å². The first-order valence-corrected chi connectivity index (χ1v) is 7.11. The lowest BCUT2D eigenvalue weighted by molar-refractivity contribution is 0.102. The van der Waals surface area contributed by atoms with E-state index in [1.165, 1.54) is 29.4 Å². The summed E-state index contributed by atoms with van der Waals surface area (Å²) in [7, 11) is 1.56. The van der Waals surface area contributed by atoms with Crippen LogP contribution in [0.3, 0.4) is 0 Å². The zero-order chi connectivity index (χ0) is 14.7. The molecule has 0 aliphatic carbocycles. The molecule has 1 aromatic heterocycles. The summed E-state index contributed by atoms with van der Waals surface area (Å²) in [6, 6.07) is 8.24. The molecule has 0 radical (unpaired) electrons. The average molecular weight is 290 g/mol. The molecule has 0 saturated carbocycles. The standard InChI is InChI=1S/C15H18N2O2S/c1-9-5-4-6-11(7-9)8-17-15-13(19-3)12(16)14(20-15)10(2)18/h4-7,17H,8,16H2,1-3H3. The Morgan fingerprint density at radius 3 is 2.80 bits per heavy atom. The predicted molar refractivity (Wildman–Crippen MR) is 83.8 cm³/mol. The van der Waals surface area contributed by atoms with Gasteiger partial charge in [-0.2, -0.15) is 0 Å². The van der Waals surface area contributed by atoms with Crippen LogP contribution in [0.4, 0.5) is 10.7 Å². The van der Waals surface area contributed by atoms with Crippen LogP contribution >= 0.6 is 11.3 Å². The minimum Gasteiger partial charge on any atom is -0.492 e. The number of rotatable bonds is 5. The van der Waals surface area contributed by atoms with Crippen molar-refractivity contribution in [2.75, 3.05) is 18.2 Å². The first-order chi connectivity index (χ1) is 9.52. The van der Waals surface area contributed by atoms with E-state index in [-0.39, 0.29) is 5.78 Å². The van der Waals surface area contributed by atoms with Crippen molar-refractivity contribution in [1.82, 2.24) is 0 Å². The third kappa shape index (κ3) is 2.93. The number of anilines is 2. The number of nitrogens with two attached hydrogens (primary N) is 1. The molecular weight excluding hydrogens is 272 g/mol. The molecule has 5 heteroatoms. The summed E-state index contributed by atoms with van der Waals surface area (Å²) >= 11 is 1.33. The van der Waals surface area contributed by atoms with Gasteiger partial charge in [-0.25, -0.2) is 0 Å². The van der Waals surface area contributed by atoms with E-state index in [1.54, 1.807) is 7.11 Å². The number of methoxy groups -OCH3 is 1. The van der Waals surface area contributed by atoms with E-state index in [0.717, 1.165) is 5.00 Å². The summed E-state index contributed by atoms with van der Waals surface area (Å²) in [6.45, 7) is 4.22. The summed E-state index contributed by atoms with van der Waals surface area (Å²) in [5, 5.41) is 4.07. The number of benzene rings is 1. The molecule has 0 fully saturated rings. The molecule has 20 heavy (non-hydrogen) atoms. The molecule has 106 valence electrons. The van der Waals surface area contributed by atoms with Gasteiger partial charge in [0.1, 0.15) is 5.00 Å². The van der Waals surface area contributed by atoms with Crippen molar-refractivity contribution in [3.63, 3.8) is 0 Å². The molecule has 4 nitrogen and oxygen atoms in total. The minimum absolute atomic E-state index is 0.0468. The predicted octanol–water partition coefficient (Wildman–Crippen LogP) is 3.46. The van der Waals surface area contributed by atoms with Crippen LogP contribution in [0.15, 0.2) is 24.3 Å². The third-order valence-electron chi connectivity index (χ3n) is 2.96. The highest BCUT2D eigenvalue weighted by atomic mass is 32.1. The molecule has 0 atom stereocenters. The van der Waals surface area contributed by atoms with E-state index in [4.69, 9.17) is 10.5 Å². The lowest BCUT2D eigenvalue weighted by atomic mass is 10.1. The fourth-order valence-electron chi connectivity index (χ4n) is 2.01. The van der Waals surface area contributed by atoms with Crippen LogP contribution in [-0.2, 0) is 6.54 Å². The Morgan fingerprint density at radius 2 is 2.20 bits per heavy atom. The number of thiophene rings is 1. The summed E-state index contributed by atoms with van der Waals surface area (Å²) in [5.74, 6) is 0.502. The molecule has 2 rings (SSSR count). The van der Waals surface area contributed by atoms with Crippen molar-refractivity contribution >= 4 is 27.8 Å². The Kier molecular flexibility index (Phi) is 4.29. The molecule has 0 amide bonds. The number of hydrogen-bond acceptors (Lipinski definition) is 5. The molecule has 2 aromatic rings. The largest absolute Gasteiger partial charge is 0.492 e. The van der Waals surface area contributed by atoms with Crippen molar-refractivity contribution < 1.29 is 9.53 Å². The third-order valence-corrected chi connectivity index (χ3v) is 4.20. The lowest BCUT2D eigenvalue weighted by Crippen LogP contribution is -2.00. The Morgan fingerprint density at radius 1 is 1.45 bits per heavy atom. The van der Waals surface area contributed by atoms with E-state index in [2.05, 4.69) is 30.4 Å². The number of carbonyl (C=O) groups is 1. The van der Waals surface area contributed by atoms with Crippen LogP contribution in [0.2, 0.25) is 0 Å². The summed E-state index contributed by atoms with van der Waals surface area (Å²) in [5.41, 5.74) is 8.73. The summed E-state index contributed by atoms with van der Waals surface area (Å²) in [4.78, 5) is 12.0. The van der Waals surface area contributed by atoms with Gasteiger partial charge in [-0.15, -0.1) is 11.3 Å². The second-order valence-corrected chi connectivity index (χ2v) is 5.63. The highest BCUT2D eigenvalue weighted by Crippen LogP contribution is 2.42. The fourth-order valence-corrected chi connectivity index (χ4v) is 2.99. The Hall–Kier alpha value is -2.01. The van der Waals surface area contributed by atoms with E-state index in [0.29, 0.717) is 22.9 Å². The number of ether oxygens (including phenoxy) is 1. The molecule has 1 heterocycles. The van der Waals surface area contributed by atoms with Crippen molar-refractivity contribution in [1.29, 1.82) is 0 Å². The van der Waals surface area contributed by atoms with E-state index < -0.39 is 0 Å². The normalized spacial score (nSPS) is 10.3. The van der Waals surface area contributed by atoms with Crippen LogP contribution in [0.25, 0.3) is 0 Å². The zero-order valence-corrected chi connectivity index (χ0v) is 12.6. The van der Waals surface area contributed by atoms with Gasteiger partial charge in [0.15, 0.2) is 11.5 Å². The number of hydrogen-bond donors (Lipinski definition) is 2. The van der Waals surface area contributed by atoms with Gasteiger partial charge < -0.3 is 15.8 Å². The maximum absolute atomic E-state index is 11.5. The highest BCUT2D eigenvalue weighted by molar-refractivity contribution is 7.19. The molecule has 0 unspecified atom stereocenters. The van der Waals surface area contributed by atoms with Crippen molar-refractivity contribution in [2.24, 2.45) is 0 Å². The van der Waals surface area contributed by atoms with Gasteiger partial charge in [0, 0.05) is 13.5 Å². The average Bonchev–Trinajstić information content (AvgIpc) is 2.73. The maximum Gasteiger partial charge on any atom is 0.176 e. The van der Waals surface area contributed by atoms with Crippen molar-refractivity contribution in [3.8, 4) is 5.75 Å².